The lowest BCUT2D eigenvalue weighted by Gasteiger charge is -2.22. The number of ether oxygens (including phenoxy) is 1. The first-order chi connectivity index (χ1) is 9.72. The molecule has 0 amide bonds. The van der Waals surface area contributed by atoms with Gasteiger partial charge in [0, 0.05) is 18.5 Å². The summed E-state index contributed by atoms with van der Waals surface area (Å²) in [6.07, 6.45) is 2.43. The molecule has 1 aromatic carbocycles. The van der Waals surface area contributed by atoms with Crippen molar-refractivity contribution in [3.05, 3.63) is 35.4 Å². The number of aryl methyl sites for hydroxylation is 2. The standard InChI is InChI=1S/C17H22N2O/c1-12-5-6-16-15(8-12)13(2)9-17(19-16)18-10-14-4-3-7-20-11-14/h5-6,8-9,14H,3-4,7,10-11H2,1-2H3,(H,18,19)/t14-/m0/s1. The Bertz CT molecular complexity index is 603. The first-order valence-electron chi connectivity index (χ1n) is 7.42. The van der Waals surface area contributed by atoms with Gasteiger partial charge in [-0.1, -0.05) is 11.6 Å². The van der Waals surface area contributed by atoms with E-state index in [1.54, 1.807) is 0 Å². The quantitative estimate of drug-likeness (QED) is 0.923. The lowest BCUT2D eigenvalue weighted by molar-refractivity contribution is 0.0595. The molecule has 0 aliphatic carbocycles. The number of hydrogen-bond acceptors (Lipinski definition) is 3. The number of fused-ring (bicyclic) bond motifs is 1. The molecule has 0 saturated carbocycles. The third-order valence-corrected chi connectivity index (χ3v) is 4.00. The molecule has 1 fully saturated rings. The zero-order valence-electron chi connectivity index (χ0n) is 12.3. The van der Waals surface area contributed by atoms with E-state index in [-0.39, 0.29) is 0 Å². The second kappa shape index (κ2) is 5.80. The Morgan fingerprint density at radius 1 is 1.30 bits per heavy atom. The Kier molecular flexibility index (Phi) is 3.88. The normalized spacial score (nSPS) is 19.2. The van der Waals surface area contributed by atoms with E-state index in [0.717, 1.165) is 31.1 Å². The highest BCUT2D eigenvalue weighted by atomic mass is 16.5. The van der Waals surface area contributed by atoms with Crippen LogP contribution in [0.3, 0.4) is 0 Å². The molecule has 3 nitrogen and oxygen atoms in total. The minimum absolute atomic E-state index is 0.611. The van der Waals surface area contributed by atoms with Gasteiger partial charge in [0.15, 0.2) is 0 Å². The fourth-order valence-electron chi connectivity index (χ4n) is 2.82. The van der Waals surface area contributed by atoms with Crippen LogP contribution in [0, 0.1) is 19.8 Å². The molecule has 0 unspecified atom stereocenters. The van der Waals surface area contributed by atoms with Crippen molar-refractivity contribution in [3.63, 3.8) is 0 Å². The fourth-order valence-corrected chi connectivity index (χ4v) is 2.82. The van der Waals surface area contributed by atoms with Crippen molar-refractivity contribution in [2.75, 3.05) is 25.1 Å². The lowest BCUT2D eigenvalue weighted by atomic mass is 10.0. The minimum Gasteiger partial charge on any atom is -0.381 e. The molecule has 1 aliphatic heterocycles. The lowest BCUT2D eigenvalue weighted by Crippen LogP contribution is -2.24. The summed E-state index contributed by atoms with van der Waals surface area (Å²) in [6.45, 7) is 7.01. The number of aromatic nitrogens is 1. The number of hydrogen-bond donors (Lipinski definition) is 1. The zero-order chi connectivity index (χ0) is 13.9. The van der Waals surface area contributed by atoms with Crippen molar-refractivity contribution in [3.8, 4) is 0 Å². The topological polar surface area (TPSA) is 34.2 Å². The zero-order valence-corrected chi connectivity index (χ0v) is 12.3. The number of nitrogens with one attached hydrogen (secondary N) is 1. The minimum atomic E-state index is 0.611. The summed E-state index contributed by atoms with van der Waals surface area (Å²) in [7, 11) is 0. The van der Waals surface area contributed by atoms with Crippen LogP contribution in [-0.2, 0) is 4.74 Å². The average Bonchev–Trinajstić information content (AvgIpc) is 2.47. The summed E-state index contributed by atoms with van der Waals surface area (Å²) in [5.74, 6) is 1.59. The smallest absolute Gasteiger partial charge is 0.126 e. The van der Waals surface area contributed by atoms with Crippen LogP contribution in [0.4, 0.5) is 5.82 Å². The molecule has 1 saturated heterocycles. The molecule has 1 aromatic heterocycles. The Morgan fingerprint density at radius 3 is 3.00 bits per heavy atom. The summed E-state index contributed by atoms with van der Waals surface area (Å²) < 4.78 is 5.52. The van der Waals surface area contributed by atoms with Gasteiger partial charge in [0.25, 0.3) is 0 Å². The maximum atomic E-state index is 5.52. The van der Waals surface area contributed by atoms with Gasteiger partial charge in [-0.05, 0) is 56.4 Å². The van der Waals surface area contributed by atoms with E-state index >= 15 is 0 Å². The molecule has 0 radical (unpaired) electrons. The van der Waals surface area contributed by atoms with Crippen LogP contribution < -0.4 is 5.32 Å². The maximum Gasteiger partial charge on any atom is 0.126 e. The molecule has 3 heteroatoms. The van der Waals surface area contributed by atoms with Crippen molar-refractivity contribution in [2.24, 2.45) is 5.92 Å². The molecule has 1 N–H and O–H groups in total. The molecule has 0 spiro atoms. The number of nitrogens with zero attached hydrogens (tertiary/aromatic N) is 1. The summed E-state index contributed by atoms with van der Waals surface area (Å²) in [4.78, 5) is 4.71. The highest BCUT2D eigenvalue weighted by Crippen LogP contribution is 2.22. The highest BCUT2D eigenvalue weighted by molar-refractivity contribution is 5.84. The molecule has 0 bridgehead atoms. The maximum absolute atomic E-state index is 5.52. The van der Waals surface area contributed by atoms with E-state index in [1.165, 1.54) is 29.4 Å². The Balaban J connectivity index is 1.76. The van der Waals surface area contributed by atoms with Crippen molar-refractivity contribution in [1.82, 2.24) is 4.98 Å². The fraction of sp³-hybridized carbons (Fsp3) is 0.471. The van der Waals surface area contributed by atoms with Crippen LogP contribution >= 0.6 is 0 Å². The molecule has 106 valence electrons. The van der Waals surface area contributed by atoms with E-state index in [9.17, 15) is 0 Å². The van der Waals surface area contributed by atoms with E-state index in [0.29, 0.717) is 5.92 Å². The molecular formula is C17H22N2O. The number of rotatable bonds is 3. The Morgan fingerprint density at radius 2 is 2.20 bits per heavy atom. The molecular weight excluding hydrogens is 248 g/mol. The first-order valence-corrected chi connectivity index (χ1v) is 7.42. The van der Waals surface area contributed by atoms with Gasteiger partial charge in [-0.3, -0.25) is 0 Å². The molecule has 20 heavy (non-hydrogen) atoms. The van der Waals surface area contributed by atoms with Gasteiger partial charge in [-0.25, -0.2) is 4.98 Å². The molecule has 2 heterocycles. The largest absolute Gasteiger partial charge is 0.381 e. The molecule has 1 atom stereocenters. The molecule has 2 aromatic rings. The Hall–Kier alpha value is -1.61. The first kappa shape index (κ1) is 13.4. The summed E-state index contributed by atoms with van der Waals surface area (Å²) in [5, 5.41) is 4.72. The van der Waals surface area contributed by atoms with Crippen LogP contribution in [0.5, 0.6) is 0 Å². The predicted octanol–water partition coefficient (Wildman–Crippen LogP) is 3.69. The van der Waals surface area contributed by atoms with Crippen molar-refractivity contribution in [2.45, 2.75) is 26.7 Å². The third kappa shape index (κ3) is 2.93. The van der Waals surface area contributed by atoms with Crippen LogP contribution in [0.25, 0.3) is 10.9 Å². The average molecular weight is 270 g/mol. The third-order valence-electron chi connectivity index (χ3n) is 4.00. The van der Waals surface area contributed by atoms with Gasteiger partial charge in [0.2, 0.25) is 0 Å². The highest BCUT2D eigenvalue weighted by Gasteiger charge is 2.13. The second-order valence-corrected chi connectivity index (χ2v) is 5.81. The predicted molar refractivity (Wildman–Crippen MR) is 83.2 cm³/mol. The summed E-state index contributed by atoms with van der Waals surface area (Å²) >= 11 is 0. The number of pyridine rings is 1. The van der Waals surface area contributed by atoms with Gasteiger partial charge in [0.1, 0.15) is 5.82 Å². The van der Waals surface area contributed by atoms with Crippen LogP contribution in [-0.4, -0.2) is 24.7 Å². The van der Waals surface area contributed by atoms with E-state index in [2.05, 4.69) is 43.4 Å². The van der Waals surface area contributed by atoms with Crippen molar-refractivity contribution < 1.29 is 4.74 Å². The van der Waals surface area contributed by atoms with E-state index < -0.39 is 0 Å². The Labute approximate surface area is 120 Å². The van der Waals surface area contributed by atoms with Crippen LogP contribution in [0.2, 0.25) is 0 Å². The van der Waals surface area contributed by atoms with Gasteiger partial charge >= 0.3 is 0 Å². The van der Waals surface area contributed by atoms with Gasteiger partial charge in [-0.2, -0.15) is 0 Å². The van der Waals surface area contributed by atoms with E-state index in [4.69, 9.17) is 9.72 Å². The molecule has 3 rings (SSSR count). The van der Waals surface area contributed by atoms with E-state index in [1.807, 2.05) is 0 Å². The summed E-state index contributed by atoms with van der Waals surface area (Å²) in [6, 6.07) is 8.57. The van der Waals surface area contributed by atoms with Crippen LogP contribution in [0.1, 0.15) is 24.0 Å². The number of benzene rings is 1. The van der Waals surface area contributed by atoms with Gasteiger partial charge in [0.05, 0.1) is 12.1 Å². The van der Waals surface area contributed by atoms with Crippen LogP contribution in [0.15, 0.2) is 24.3 Å². The monoisotopic (exact) mass is 270 g/mol. The molecule has 1 aliphatic rings. The van der Waals surface area contributed by atoms with Crippen molar-refractivity contribution in [1.29, 1.82) is 0 Å². The summed E-state index contributed by atoms with van der Waals surface area (Å²) in [5.41, 5.74) is 3.63. The second-order valence-electron chi connectivity index (χ2n) is 5.81. The van der Waals surface area contributed by atoms with Gasteiger partial charge in [-0.15, -0.1) is 0 Å². The van der Waals surface area contributed by atoms with Gasteiger partial charge < -0.3 is 10.1 Å². The SMILES string of the molecule is Cc1ccc2nc(NC[C@@H]3CCCOC3)cc(C)c2c1. The number of anilines is 1. The van der Waals surface area contributed by atoms with Crippen molar-refractivity contribution >= 4 is 16.7 Å².